The topological polar surface area (TPSA) is 26.0 Å². The van der Waals surface area contributed by atoms with Gasteiger partial charge >= 0.3 is 0 Å². The number of hydrogen-bond donors (Lipinski definition) is 1. The molecular weight excluding hydrogens is 230 g/mol. The van der Waals surface area contributed by atoms with Crippen LogP contribution in [0.5, 0.6) is 0 Å². The van der Waals surface area contributed by atoms with Gasteiger partial charge in [-0.2, -0.15) is 0 Å². The van der Waals surface area contributed by atoms with Crippen molar-refractivity contribution in [1.29, 1.82) is 0 Å². The SMILES string of the molecule is CCc1ccc(C2(N)CCCC(CC(C)C)C2)cc1. The molecule has 2 rings (SSSR count). The van der Waals surface area contributed by atoms with Gasteiger partial charge in [-0.25, -0.2) is 0 Å². The van der Waals surface area contributed by atoms with Crippen molar-refractivity contribution in [3.8, 4) is 0 Å². The van der Waals surface area contributed by atoms with E-state index in [2.05, 4.69) is 45.0 Å². The lowest BCUT2D eigenvalue weighted by molar-refractivity contribution is 0.202. The van der Waals surface area contributed by atoms with Gasteiger partial charge in [0.25, 0.3) is 0 Å². The maximum atomic E-state index is 6.74. The molecule has 1 fully saturated rings. The van der Waals surface area contributed by atoms with Crippen molar-refractivity contribution in [3.05, 3.63) is 35.4 Å². The Hall–Kier alpha value is -0.820. The first kappa shape index (κ1) is 14.6. The van der Waals surface area contributed by atoms with E-state index in [0.717, 1.165) is 31.1 Å². The average Bonchev–Trinajstić information content (AvgIpc) is 2.38. The molecule has 1 saturated carbocycles. The zero-order valence-electron chi connectivity index (χ0n) is 12.8. The molecule has 0 aliphatic heterocycles. The Morgan fingerprint density at radius 1 is 1.26 bits per heavy atom. The van der Waals surface area contributed by atoms with Crippen LogP contribution in [-0.4, -0.2) is 0 Å². The van der Waals surface area contributed by atoms with Crippen molar-refractivity contribution >= 4 is 0 Å². The number of aryl methyl sites for hydroxylation is 1. The monoisotopic (exact) mass is 259 g/mol. The van der Waals surface area contributed by atoms with Crippen molar-refractivity contribution in [2.45, 2.75) is 64.8 Å². The minimum Gasteiger partial charge on any atom is -0.321 e. The fourth-order valence-electron chi connectivity index (χ4n) is 3.63. The van der Waals surface area contributed by atoms with Gasteiger partial charge in [-0.05, 0) is 48.6 Å². The first-order valence-electron chi connectivity index (χ1n) is 7.92. The number of hydrogen-bond acceptors (Lipinski definition) is 1. The molecule has 1 nitrogen and oxygen atoms in total. The number of rotatable bonds is 4. The van der Waals surface area contributed by atoms with Crippen molar-refractivity contribution in [3.63, 3.8) is 0 Å². The summed E-state index contributed by atoms with van der Waals surface area (Å²) in [5.41, 5.74) is 9.41. The minimum absolute atomic E-state index is 0.0793. The highest BCUT2D eigenvalue weighted by atomic mass is 14.8. The van der Waals surface area contributed by atoms with Gasteiger partial charge in [-0.1, -0.05) is 57.9 Å². The van der Waals surface area contributed by atoms with Crippen LogP contribution in [0.1, 0.15) is 64.0 Å². The van der Waals surface area contributed by atoms with Crippen LogP contribution < -0.4 is 5.73 Å². The summed E-state index contributed by atoms with van der Waals surface area (Å²) in [6.45, 7) is 6.85. The lowest BCUT2D eigenvalue weighted by atomic mass is 9.70. The molecule has 19 heavy (non-hydrogen) atoms. The van der Waals surface area contributed by atoms with Gasteiger partial charge in [-0.3, -0.25) is 0 Å². The van der Waals surface area contributed by atoms with Gasteiger partial charge in [-0.15, -0.1) is 0 Å². The third-order valence-corrected chi connectivity index (χ3v) is 4.63. The smallest absolute Gasteiger partial charge is 0.0412 e. The second-order valence-corrected chi connectivity index (χ2v) is 6.80. The highest BCUT2D eigenvalue weighted by molar-refractivity contribution is 5.29. The van der Waals surface area contributed by atoms with Crippen LogP contribution >= 0.6 is 0 Å². The van der Waals surface area contributed by atoms with E-state index < -0.39 is 0 Å². The molecule has 0 aromatic heterocycles. The summed E-state index contributed by atoms with van der Waals surface area (Å²) >= 11 is 0. The van der Waals surface area contributed by atoms with Gasteiger partial charge in [0, 0.05) is 5.54 Å². The molecule has 0 saturated heterocycles. The summed E-state index contributed by atoms with van der Waals surface area (Å²) in [7, 11) is 0. The Bertz CT molecular complexity index is 393. The Kier molecular flexibility index (Phi) is 4.67. The van der Waals surface area contributed by atoms with E-state index in [4.69, 9.17) is 5.73 Å². The fraction of sp³-hybridized carbons (Fsp3) is 0.667. The predicted molar refractivity (Wildman–Crippen MR) is 83.1 cm³/mol. The molecule has 1 aliphatic carbocycles. The first-order chi connectivity index (χ1) is 9.03. The summed E-state index contributed by atoms with van der Waals surface area (Å²) in [6, 6.07) is 9.01. The highest BCUT2D eigenvalue weighted by Crippen LogP contribution is 2.40. The van der Waals surface area contributed by atoms with Crippen LogP contribution in [0.3, 0.4) is 0 Å². The van der Waals surface area contributed by atoms with Crippen LogP contribution in [-0.2, 0) is 12.0 Å². The zero-order valence-corrected chi connectivity index (χ0v) is 12.8. The van der Waals surface area contributed by atoms with E-state index in [1.807, 2.05) is 0 Å². The molecule has 0 heterocycles. The standard InChI is InChI=1S/C18H29N/c1-4-15-7-9-17(10-8-15)18(19)11-5-6-16(13-18)12-14(2)3/h7-10,14,16H,4-6,11-13,19H2,1-3H3. The summed E-state index contributed by atoms with van der Waals surface area (Å²) in [5, 5.41) is 0. The van der Waals surface area contributed by atoms with Crippen LogP contribution in [0.15, 0.2) is 24.3 Å². The summed E-state index contributed by atoms with van der Waals surface area (Å²) < 4.78 is 0. The molecule has 0 radical (unpaired) electrons. The maximum absolute atomic E-state index is 6.74. The van der Waals surface area contributed by atoms with Crippen LogP contribution in [0.4, 0.5) is 0 Å². The van der Waals surface area contributed by atoms with Crippen molar-refractivity contribution in [1.82, 2.24) is 0 Å². The molecule has 2 atom stereocenters. The molecule has 2 unspecified atom stereocenters. The quantitative estimate of drug-likeness (QED) is 0.837. The van der Waals surface area contributed by atoms with E-state index in [9.17, 15) is 0 Å². The lowest BCUT2D eigenvalue weighted by Crippen LogP contribution is -2.41. The third-order valence-electron chi connectivity index (χ3n) is 4.63. The summed E-state index contributed by atoms with van der Waals surface area (Å²) in [6.07, 6.45) is 7.39. The van der Waals surface area contributed by atoms with Gasteiger partial charge < -0.3 is 5.73 Å². The van der Waals surface area contributed by atoms with Gasteiger partial charge in [0.05, 0.1) is 0 Å². The average molecular weight is 259 g/mol. The third kappa shape index (κ3) is 3.60. The Morgan fingerprint density at radius 3 is 2.53 bits per heavy atom. The Morgan fingerprint density at radius 2 is 1.95 bits per heavy atom. The fourth-order valence-corrected chi connectivity index (χ4v) is 3.63. The molecule has 0 bridgehead atoms. The summed E-state index contributed by atoms with van der Waals surface area (Å²) in [5.74, 6) is 1.60. The van der Waals surface area contributed by atoms with E-state index in [0.29, 0.717) is 0 Å². The largest absolute Gasteiger partial charge is 0.321 e. The number of nitrogens with two attached hydrogens (primary N) is 1. The van der Waals surface area contributed by atoms with Crippen molar-refractivity contribution < 1.29 is 0 Å². The molecule has 106 valence electrons. The first-order valence-corrected chi connectivity index (χ1v) is 7.92. The van der Waals surface area contributed by atoms with Crippen molar-refractivity contribution in [2.24, 2.45) is 17.6 Å². The van der Waals surface area contributed by atoms with Gasteiger partial charge in [0.15, 0.2) is 0 Å². The minimum atomic E-state index is -0.0793. The molecule has 1 aromatic rings. The maximum Gasteiger partial charge on any atom is 0.0412 e. The normalized spacial score (nSPS) is 27.7. The highest BCUT2D eigenvalue weighted by Gasteiger charge is 2.34. The van der Waals surface area contributed by atoms with Crippen molar-refractivity contribution in [2.75, 3.05) is 0 Å². The van der Waals surface area contributed by atoms with Crippen LogP contribution in [0, 0.1) is 11.8 Å². The van der Waals surface area contributed by atoms with Crippen LogP contribution in [0.2, 0.25) is 0 Å². The molecular formula is C18H29N. The van der Waals surface area contributed by atoms with E-state index in [-0.39, 0.29) is 5.54 Å². The molecule has 1 aliphatic rings. The molecule has 0 amide bonds. The second kappa shape index (κ2) is 6.09. The van der Waals surface area contributed by atoms with E-state index >= 15 is 0 Å². The van der Waals surface area contributed by atoms with Gasteiger partial charge in [0.2, 0.25) is 0 Å². The Labute approximate surface area is 118 Å². The van der Waals surface area contributed by atoms with Crippen LogP contribution in [0.25, 0.3) is 0 Å². The van der Waals surface area contributed by atoms with Gasteiger partial charge in [0.1, 0.15) is 0 Å². The predicted octanol–water partition coefficient (Wildman–Crippen LogP) is 4.64. The lowest BCUT2D eigenvalue weighted by Gasteiger charge is -2.39. The zero-order chi connectivity index (χ0) is 13.9. The molecule has 1 aromatic carbocycles. The molecule has 1 heteroatoms. The molecule has 0 spiro atoms. The second-order valence-electron chi connectivity index (χ2n) is 6.80. The van der Waals surface area contributed by atoms with E-state index in [1.54, 1.807) is 0 Å². The van der Waals surface area contributed by atoms with E-state index in [1.165, 1.54) is 30.4 Å². The molecule has 2 N–H and O–H groups in total. The Balaban J connectivity index is 2.11. The summed E-state index contributed by atoms with van der Waals surface area (Å²) in [4.78, 5) is 0. The number of benzene rings is 1.